The zero-order valence-electron chi connectivity index (χ0n) is 10.1. The predicted octanol–water partition coefficient (Wildman–Crippen LogP) is 2.75. The molecule has 0 amide bonds. The summed E-state index contributed by atoms with van der Waals surface area (Å²) in [7, 11) is 0. The van der Waals surface area contributed by atoms with Crippen molar-refractivity contribution in [1.29, 1.82) is 5.26 Å². The maximum atomic E-state index is 10.7. The van der Waals surface area contributed by atoms with Crippen LogP contribution in [0.25, 0.3) is 0 Å². The molecule has 0 aliphatic rings. The zero-order valence-corrected chi connectivity index (χ0v) is 10.1. The lowest BCUT2D eigenvalue weighted by Gasteiger charge is -2.06. The first-order valence-electron chi connectivity index (χ1n) is 5.49. The molecule has 0 aliphatic heterocycles. The first-order chi connectivity index (χ1) is 9.10. The average molecular weight is 254 g/mol. The number of hydrogen-bond donors (Lipinski definition) is 1. The predicted molar refractivity (Wildman–Crippen MR) is 67.2 cm³/mol. The maximum absolute atomic E-state index is 10.7. The minimum Gasteiger partial charge on any atom is -0.478 e. The second-order valence-electron chi connectivity index (χ2n) is 3.83. The summed E-state index contributed by atoms with van der Waals surface area (Å²) in [6.45, 7) is 1.72. The Bertz CT molecular complexity index is 657. The van der Waals surface area contributed by atoms with Gasteiger partial charge >= 0.3 is 5.97 Å². The minimum absolute atomic E-state index is 0.191. The van der Waals surface area contributed by atoms with Crippen molar-refractivity contribution in [1.82, 2.24) is 4.98 Å². The highest BCUT2D eigenvalue weighted by molar-refractivity contribution is 5.87. The lowest BCUT2D eigenvalue weighted by molar-refractivity contribution is 0.0697. The van der Waals surface area contributed by atoms with Gasteiger partial charge in [0.1, 0.15) is 11.8 Å². The molecule has 0 bridgehead atoms. The second-order valence-corrected chi connectivity index (χ2v) is 3.83. The van der Waals surface area contributed by atoms with Crippen LogP contribution in [0.5, 0.6) is 11.6 Å². The van der Waals surface area contributed by atoms with E-state index in [1.807, 2.05) is 6.07 Å². The van der Waals surface area contributed by atoms with Crippen molar-refractivity contribution in [3.8, 4) is 17.7 Å². The van der Waals surface area contributed by atoms with Gasteiger partial charge < -0.3 is 9.84 Å². The molecule has 0 unspecified atom stereocenters. The SMILES string of the molecule is Cc1nc(Oc2ccc(C(=O)O)cc2)ccc1C#N. The van der Waals surface area contributed by atoms with Crippen LogP contribution in [0.15, 0.2) is 36.4 Å². The molecule has 19 heavy (non-hydrogen) atoms. The molecule has 2 aromatic rings. The molecule has 1 N–H and O–H groups in total. The van der Waals surface area contributed by atoms with Gasteiger partial charge in [-0.25, -0.2) is 9.78 Å². The first kappa shape index (κ1) is 12.6. The Hall–Kier alpha value is -2.87. The van der Waals surface area contributed by atoms with Gasteiger partial charge in [0.2, 0.25) is 5.88 Å². The van der Waals surface area contributed by atoms with E-state index in [-0.39, 0.29) is 5.56 Å². The Labute approximate surface area is 109 Å². The fourth-order valence-electron chi connectivity index (χ4n) is 1.50. The fourth-order valence-corrected chi connectivity index (χ4v) is 1.50. The first-order valence-corrected chi connectivity index (χ1v) is 5.49. The van der Waals surface area contributed by atoms with Crippen molar-refractivity contribution in [3.05, 3.63) is 53.2 Å². The molecule has 0 saturated carbocycles. The van der Waals surface area contributed by atoms with Gasteiger partial charge in [-0.3, -0.25) is 0 Å². The fraction of sp³-hybridized carbons (Fsp3) is 0.0714. The largest absolute Gasteiger partial charge is 0.478 e. The third-order valence-corrected chi connectivity index (χ3v) is 2.50. The molecular weight excluding hydrogens is 244 g/mol. The van der Waals surface area contributed by atoms with Gasteiger partial charge in [0.25, 0.3) is 0 Å². The van der Waals surface area contributed by atoms with E-state index < -0.39 is 5.97 Å². The number of carbonyl (C=O) groups is 1. The topological polar surface area (TPSA) is 83.2 Å². The van der Waals surface area contributed by atoms with E-state index >= 15 is 0 Å². The van der Waals surface area contributed by atoms with Gasteiger partial charge in [0.05, 0.1) is 16.8 Å². The molecular formula is C14H10N2O3. The number of hydrogen-bond acceptors (Lipinski definition) is 4. The average Bonchev–Trinajstić information content (AvgIpc) is 2.39. The Morgan fingerprint density at radius 3 is 2.47 bits per heavy atom. The summed E-state index contributed by atoms with van der Waals surface area (Å²) in [5, 5.41) is 17.6. The number of nitrogens with zero attached hydrogens (tertiary/aromatic N) is 2. The number of aromatic carboxylic acids is 1. The van der Waals surface area contributed by atoms with E-state index in [0.717, 1.165) is 0 Å². The van der Waals surface area contributed by atoms with Crippen molar-refractivity contribution in [3.63, 3.8) is 0 Å². The van der Waals surface area contributed by atoms with Gasteiger partial charge in [0, 0.05) is 6.07 Å². The lowest BCUT2D eigenvalue weighted by Crippen LogP contribution is -1.96. The summed E-state index contributed by atoms with van der Waals surface area (Å²) < 4.78 is 5.48. The Kier molecular flexibility index (Phi) is 3.44. The second kappa shape index (κ2) is 5.19. The van der Waals surface area contributed by atoms with Crippen LogP contribution in [0, 0.1) is 18.3 Å². The van der Waals surface area contributed by atoms with Crippen LogP contribution >= 0.6 is 0 Å². The van der Waals surface area contributed by atoms with E-state index in [9.17, 15) is 4.79 Å². The highest BCUT2D eigenvalue weighted by atomic mass is 16.5. The Balaban J connectivity index is 2.19. The quantitative estimate of drug-likeness (QED) is 0.910. The number of ether oxygens (including phenoxy) is 1. The standard InChI is InChI=1S/C14H10N2O3/c1-9-11(8-15)4-7-13(16-9)19-12-5-2-10(3-6-12)14(17)18/h2-7H,1H3,(H,17,18). The molecule has 0 aliphatic carbocycles. The van der Waals surface area contributed by atoms with E-state index in [2.05, 4.69) is 4.98 Å². The summed E-state index contributed by atoms with van der Waals surface area (Å²) in [5.41, 5.74) is 1.27. The van der Waals surface area contributed by atoms with Crippen molar-refractivity contribution in [2.45, 2.75) is 6.92 Å². The molecule has 5 nitrogen and oxygen atoms in total. The van der Waals surface area contributed by atoms with Crippen molar-refractivity contribution >= 4 is 5.97 Å². The summed E-state index contributed by atoms with van der Waals surface area (Å²) in [4.78, 5) is 14.8. The van der Waals surface area contributed by atoms with Crippen LogP contribution in [-0.2, 0) is 0 Å². The summed E-state index contributed by atoms with van der Waals surface area (Å²) in [5.74, 6) is -0.139. The third kappa shape index (κ3) is 2.87. The van der Waals surface area contributed by atoms with Crippen LogP contribution in [-0.4, -0.2) is 16.1 Å². The molecule has 2 rings (SSSR count). The molecule has 0 atom stereocenters. The molecule has 1 aromatic carbocycles. The lowest BCUT2D eigenvalue weighted by atomic mass is 10.2. The number of benzene rings is 1. The van der Waals surface area contributed by atoms with Gasteiger partial charge in [-0.15, -0.1) is 0 Å². The van der Waals surface area contributed by atoms with E-state index in [1.54, 1.807) is 31.2 Å². The molecule has 94 valence electrons. The molecule has 1 aromatic heterocycles. The number of rotatable bonds is 3. The summed E-state index contributed by atoms with van der Waals surface area (Å²) >= 11 is 0. The molecule has 0 spiro atoms. The maximum Gasteiger partial charge on any atom is 0.335 e. The highest BCUT2D eigenvalue weighted by Crippen LogP contribution is 2.21. The number of carboxylic acids is 1. The summed E-state index contributed by atoms with van der Waals surface area (Å²) in [6, 6.07) is 11.3. The van der Waals surface area contributed by atoms with Crippen molar-refractivity contribution in [2.24, 2.45) is 0 Å². The van der Waals surface area contributed by atoms with E-state index in [4.69, 9.17) is 15.1 Å². The number of nitriles is 1. The smallest absolute Gasteiger partial charge is 0.335 e. The van der Waals surface area contributed by atoms with Crippen LogP contribution in [0.2, 0.25) is 0 Å². The minimum atomic E-state index is -0.987. The number of pyridine rings is 1. The zero-order chi connectivity index (χ0) is 13.8. The normalized spacial score (nSPS) is 9.68. The van der Waals surface area contributed by atoms with Crippen LogP contribution in [0.4, 0.5) is 0 Å². The van der Waals surface area contributed by atoms with E-state index in [0.29, 0.717) is 22.9 Å². The molecule has 0 radical (unpaired) electrons. The highest BCUT2D eigenvalue weighted by Gasteiger charge is 2.05. The van der Waals surface area contributed by atoms with Crippen LogP contribution in [0.1, 0.15) is 21.6 Å². The molecule has 0 fully saturated rings. The monoisotopic (exact) mass is 254 g/mol. The Morgan fingerprint density at radius 1 is 1.26 bits per heavy atom. The van der Waals surface area contributed by atoms with Crippen LogP contribution in [0.3, 0.4) is 0 Å². The van der Waals surface area contributed by atoms with Crippen molar-refractivity contribution in [2.75, 3.05) is 0 Å². The van der Waals surface area contributed by atoms with Crippen LogP contribution < -0.4 is 4.74 Å². The van der Waals surface area contributed by atoms with Gasteiger partial charge in [-0.05, 0) is 37.3 Å². The van der Waals surface area contributed by atoms with Gasteiger partial charge in [-0.1, -0.05) is 0 Å². The van der Waals surface area contributed by atoms with E-state index in [1.165, 1.54) is 12.1 Å². The van der Waals surface area contributed by atoms with Gasteiger partial charge in [-0.2, -0.15) is 5.26 Å². The third-order valence-electron chi connectivity index (χ3n) is 2.50. The van der Waals surface area contributed by atoms with Crippen molar-refractivity contribution < 1.29 is 14.6 Å². The molecule has 1 heterocycles. The Morgan fingerprint density at radius 2 is 1.95 bits per heavy atom. The number of carboxylic acid groups (broad SMARTS) is 1. The number of aryl methyl sites for hydroxylation is 1. The van der Waals surface area contributed by atoms with Gasteiger partial charge in [0.15, 0.2) is 0 Å². The summed E-state index contributed by atoms with van der Waals surface area (Å²) in [6.07, 6.45) is 0. The molecule has 0 saturated heterocycles. The number of aromatic nitrogens is 1. The molecule has 5 heteroatoms.